The summed E-state index contributed by atoms with van der Waals surface area (Å²) in [5.74, 6) is -0.868. The van der Waals surface area contributed by atoms with Gasteiger partial charge in [-0.25, -0.2) is 0 Å². The summed E-state index contributed by atoms with van der Waals surface area (Å²) in [6.07, 6.45) is 1.43. The van der Waals surface area contributed by atoms with Crippen molar-refractivity contribution in [2.45, 2.75) is 24.0 Å². The quantitative estimate of drug-likeness (QED) is 0.0685. The zero-order valence-electron chi connectivity index (χ0n) is 24.5. The molecule has 0 fully saturated rings. The number of thioether (sulfide) groups is 1. The van der Waals surface area contributed by atoms with Crippen molar-refractivity contribution in [3.8, 4) is 5.75 Å². The first-order chi connectivity index (χ1) is 21.5. The number of amides is 3. The largest absolute Gasteiger partial charge is 0.495 e. The molecule has 4 rings (SSSR count). The van der Waals surface area contributed by atoms with E-state index in [0.29, 0.717) is 33.3 Å². The Bertz CT molecular complexity index is 1750. The average Bonchev–Trinajstić information content (AvgIpc) is 3.03. The Kier molecular flexibility index (Phi) is 11.0. The van der Waals surface area contributed by atoms with Crippen molar-refractivity contribution in [3.63, 3.8) is 0 Å². The molecular weight excluding hydrogens is 616 g/mol. The van der Waals surface area contributed by atoms with Crippen molar-refractivity contribution in [2.75, 3.05) is 17.7 Å². The zero-order chi connectivity index (χ0) is 32.5. The molecule has 230 valence electrons. The minimum Gasteiger partial charge on any atom is -0.495 e. The van der Waals surface area contributed by atoms with Gasteiger partial charge in [0, 0.05) is 39.4 Å². The summed E-state index contributed by atoms with van der Waals surface area (Å²) in [6.45, 7) is 3.61. The second kappa shape index (κ2) is 15.0. The molecule has 0 saturated carbocycles. The molecule has 0 aliphatic carbocycles. The number of rotatable bonds is 11. The van der Waals surface area contributed by atoms with Gasteiger partial charge in [0.15, 0.2) is 0 Å². The van der Waals surface area contributed by atoms with Gasteiger partial charge in [0.2, 0.25) is 5.91 Å². The minimum atomic E-state index is -0.599. The molecule has 1 atom stereocenters. The minimum absolute atomic E-state index is 0.0608. The summed E-state index contributed by atoms with van der Waals surface area (Å²) >= 11 is 7.49. The van der Waals surface area contributed by atoms with E-state index in [9.17, 15) is 24.5 Å². The molecule has 4 aromatic rings. The Morgan fingerprint density at radius 1 is 0.956 bits per heavy atom. The van der Waals surface area contributed by atoms with Gasteiger partial charge in [-0.15, -0.1) is 11.8 Å². The summed E-state index contributed by atoms with van der Waals surface area (Å²) < 4.78 is 5.34. The number of halogens is 1. The number of nitrogens with zero attached hydrogens (tertiary/aromatic N) is 1. The fourth-order valence-corrected chi connectivity index (χ4v) is 5.06. The first-order valence-electron chi connectivity index (χ1n) is 13.6. The molecule has 12 heteroatoms. The first-order valence-corrected chi connectivity index (χ1v) is 14.9. The highest BCUT2D eigenvalue weighted by Gasteiger charge is 2.19. The number of methoxy groups -OCH3 is 1. The van der Waals surface area contributed by atoms with Gasteiger partial charge >= 0.3 is 0 Å². The van der Waals surface area contributed by atoms with Crippen LogP contribution in [0.3, 0.4) is 0 Å². The maximum Gasteiger partial charge on any atom is 0.272 e. The number of carbonyl (C=O) groups excluding carboxylic acids is 3. The Morgan fingerprint density at radius 2 is 1.62 bits per heavy atom. The van der Waals surface area contributed by atoms with Gasteiger partial charge in [-0.2, -0.15) is 0 Å². The Labute approximate surface area is 269 Å². The zero-order valence-corrected chi connectivity index (χ0v) is 26.1. The molecule has 0 spiro atoms. The number of hydrogen-bond donors (Lipinski definition) is 3. The molecule has 0 aromatic heterocycles. The van der Waals surface area contributed by atoms with E-state index in [1.54, 1.807) is 73.7 Å². The van der Waals surface area contributed by atoms with E-state index in [1.165, 1.54) is 49.2 Å². The summed E-state index contributed by atoms with van der Waals surface area (Å²) in [5.41, 5.74) is 2.44. The van der Waals surface area contributed by atoms with Crippen LogP contribution in [-0.4, -0.2) is 35.0 Å². The van der Waals surface area contributed by atoms with E-state index in [0.717, 1.165) is 10.5 Å². The fourth-order valence-electron chi connectivity index (χ4n) is 4.04. The number of aryl methyl sites for hydroxylation is 1. The second-order valence-electron chi connectivity index (χ2n) is 9.76. The van der Waals surface area contributed by atoms with Crippen LogP contribution < -0.4 is 20.7 Å². The third kappa shape index (κ3) is 8.94. The third-order valence-corrected chi connectivity index (χ3v) is 8.00. The predicted octanol–water partition coefficient (Wildman–Crippen LogP) is 7.09. The first kappa shape index (κ1) is 32.8. The van der Waals surface area contributed by atoms with E-state index >= 15 is 0 Å². The lowest BCUT2D eigenvalue weighted by Crippen LogP contribution is -2.30. The Hall–Kier alpha value is -5.13. The van der Waals surface area contributed by atoms with Gasteiger partial charge in [0.05, 0.1) is 23.0 Å². The van der Waals surface area contributed by atoms with E-state index in [2.05, 4.69) is 16.0 Å². The van der Waals surface area contributed by atoms with Crippen LogP contribution in [0.2, 0.25) is 5.02 Å². The highest BCUT2D eigenvalue weighted by atomic mass is 35.5. The van der Waals surface area contributed by atoms with E-state index in [4.69, 9.17) is 16.3 Å². The number of ether oxygens (including phenoxy) is 1. The van der Waals surface area contributed by atoms with Crippen LogP contribution in [0, 0.1) is 17.0 Å². The van der Waals surface area contributed by atoms with Gasteiger partial charge in [0.1, 0.15) is 11.4 Å². The molecular formula is C33H29ClN4O6S. The van der Waals surface area contributed by atoms with Crippen LogP contribution in [0.4, 0.5) is 17.1 Å². The number of nitro benzene ring substituents is 1. The van der Waals surface area contributed by atoms with E-state index in [-0.39, 0.29) is 17.3 Å². The normalized spacial score (nSPS) is 11.7. The van der Waals surface area contributed by atoms with Crippen LogP contribution in [0.15, 0.2) is 102 Å². The topological polar surface area (TPSA) is 140 Å². The average molecular weight is 645 g/mol. The SMILES string of the molecule is COc1cc(Cl)c(C)cc1NC(=O)C(C)Sc1ccc(NC(=O)/C(=C/c2ccc([N+](=O)[O-])cc2)NC(=O)c2ccccc2)cc1. The molecule has 0 radical (unpaired) electrons. The second-order valence-corrected chi connectivity index (χ2v) is 11.6. The highest BCUT2D eigenvalue weighted by Crippen LogP contribution is 2.32. The number of non-ortho nitro benzene ring substituents is 1. The van der Waals surface area contributed by atoms with Gasteiger partial charge in [-0.1, -0.05) is 29.8 Å². The lowest BCUT2D eigenvalue weighted by atomic mass is 10.1. The van der Waals surface area contributed by atoms with Gasteiger partial charge < -0.3 is 20.7 Å². The molecule has 45 heavy (non-hydrogen) atoms. The molecule has 3 N–H and O–H groups in total. The molecule has 3 amide bonds. The number of anilines is 2. The number of carbonyl (C=O) groups is 3. The monoisotopic (exact) mass is 644 g/mol. The highest BCUT2D eigenvalue weighted by molar-refractivity contribution is 8.00. The third-order valence-electron chi connectivity index (χ3n) is 6.48. The van der Waals surface area contributed by atoms with Crippen LogP contribution in [0.25, 0.3) is 6.08 Å². The molecule has 0 aliphatic heterocycles. The predicted molar refractivity (Wildman–Crippen MR) is 177 cm³/mol. The van der Waals surface area contributed by atoms with Gasteiger partial charge in [0.25, 0.3) is 17.5 Å². The molecule has 10 nitrogen and oxygen atoms in total. The molecule has 0 aliphatic rings. The van der Waals surface area contributed by atoms with Gasteiger partial charge in [-0.05, 0) is 85.6 Å². The molecule has 0 saturated heterocycles. The summed E-state index contributed by atoms with van der Waals surface area (Å²) in [7, 11) is 1.50. The van der Waals surface area contributed by atoms with Crippen molar-refractivity contribution >= 4 is 64.2 Å². The van der Waals surface area contributed by atoms with Crippen molar-refractivity contribution in [1.29, 1.82) is 0 Å². The lowest BCUT2D eigenvalue weighted by molar-refractivity contribution is -0.384. The van der Waals surface area contributed by atoms with Crippen molar-refractivity contribution < 1.29 is 24.0 Å². The van der Waals surface area contributed by atoms with Crippen molar-refractivity contribution in [2.24, 2.45) is 0 Å². The summed E-state index contributed by atoms with van der Waals surface area (Å²) in [4.78, 5) is 50.4. The van der Waals surface area contributed by atoms with Crippen LogP contribution >= 0.6 is 23.4 Å². The number of hydrogen-bond acceptors (Lipinski definition) is 7. The van der Waals surface area contributed by atoms with Crippen LogP contribution in [0.1, 0.15) is 28.4 Å². The van der Waals surface area contributed by atoms with E-state index < -0.39 is 22.0 Å². The maximum absolute atomic E-state index is 13.3. The number of benzene rings is 4. The van der Waals surface area contributed by atoms with Crippen molar-refractivity contribution in [3.05, 3.63) is 129 Å². The maximum atomic E-state index is 13.3. The van der Waals surface area contributed by atoms with Crippen LogP contribution in [-0.2, 0) is 9.59 Å². The Morgan fingerprint density at radius 3 is 2.24 bits per heavy atom. The standard InChI is InChI=1S/C33H29ClN4O6S/c1-20-17-28(30(44-3)19-27(20)34)36-31(39)21(2)45-26-15-11-24(12-16-26)35-33(41)29(37-32(40)23-7-5-4-6-8-23)18-22-9-13-25(14-10-22)38(42)43/h4-19,21H,1-3H3,(H,35,41)(H,36,39)(H,37,40)/b29-18-. The van der Waals surface area contributed by atoms with E-state index in [1.807, 2.05) is 6.92 Å². The number of nitro groups is 1. The smallest absolute Gasteiger partial charge is 0.272 e. The Balaban J connectivity index is 1.45. The number of nitrogens with one attached hydrogen (secondary N) is 3. The molecule has 0 bridgehead atoms. The molecule has 0 heterocycles. The van der Waals surface area contributed by atoms with Crippen LogP contribution in [0.5, 0.6) is 5.75 Å². The molecule has 1 unspecified atom stereocenters. The van der Waals surface area contributed by atoms with Crippen molar-refractivity contribution in [1.82, 2.24) is 5.32 Å². The molecule has 4 aromatic carbocycles. The summed E-state index contributed by atoms with van der Waals surface area (Å²) in [6, 6.07) is 24.3. The summed E-state index contributed by atoms with van der Waals surface area (Å²) in [5, 5.41) is 19.4. The lowest BCUT2D eigenvalue weighted by Gasteiger charge is -2.16. The fraction of sp³-hybridized carbons (Fsp3) is 0.121. The van der Waals surface area contributed by atoms with Gasteiger partial charge in [-0.3, -0.25) is 24.5 Å².